The second-order valence-electron chi connectivity index (χ2n) is 8.51. The number of aryl methyl sites for hydroxylation is 2. The molecule has 1 fully saturated rings. The summed E-state index contributed by atoms with van der Waals surface area (Å²) in [4.78, 5) is 40.0. The fraction of sp³-hybridized carbons (Fsp3) is 0.435. The highest BCUT2D eigenvalue weighted by Crippen LogP contribution is 2.23. The second kappa shape index (κ2) is 9.53. The predicted molar refractivity (Wildman–Crippen MR) is 127 cm³/mol. The number of fused-ring (bicyclic) bond motifs is 1. The average molecular weight is 451 g/mol. The highest BCUT2D eigenvalue weighted by Gasteiger charge is 2.29. The first-order valence-electron chi connectivity index (χ1n) is 11.1. The zero-order valence-electron chi connectivity index (χ0n) is 19.5. The van der Waals surface area contributed by atoms with Gasteiger partial charge in [-0.1, -0.05) is 17.7 Å². The van der Waals surface area contributed by atoms with Crippen molar-refractivity contribution in [3.8, 4) is 0 Å². The summed E-state index contributed by atoms with van der Waals surface area (Å²) in [6.45, 7) is 6.84. The molecule has 4 rings (SSSR count). The lowest BCUT2D eigenvalue weighted by Crippen LogP contribution is -2.54. The van der Waals surface area contributed by atoms with Gasteiger partial charge in [-0.25, -0.2) is 9.97 Å². The summed E-state index contributed by atoms with van der Waals surface area (Å²) in [5.41, 5.74) is 2.65. The van der Waals surface area contributed by atoms with E-state index in [1.165, 1.54) is 4.90 Å². The molecule has 10 heteroatoms. The number of benzene rings is 1. The van der Waals surface area contributed by atoms with Crippen LogP contribution < -0.4 is 10.2 Å². The first-order valence-corrected chi connectivity index (χ1v) is 11.1. The van der Waals surface area contributed by atoms with Crippen LogP contribution in [0.25, 0.3) is 11.0 Å². The van der Waals surface area contributed by atoms with Gasteiger partial charge in [-0.05, 0) is 26.0 Å². The molecule has 3 aromatic rings. The van der Waals surface area contributed by atoms with E-state index in [4.69, 9.17) is 0 Å². The highest BCUT2D eigenvalue weighted by molar-refractivity contribution is 5.95. The monoisotopic (exact) mass is 450 g/mol. The lowest BCUT2D eigenvalue weighted by molar-refractivity contribution is -0.137. The molecule has 1 aliphatic heterocycles. The van der Waals surface area contributed by atoms with E-state index in [0.29, 0.717) is 0 Å². The Morgan fingerprint density at radius 2 is 1.82 bits per heavy atom. The number of likely N-dealkylation sites (N-methyl/N-ethyl adjacent to an activating group) is 1. The average Bonchev–Trinajstić information content (AvgIpc) is 3.20. The van der Waals surface area contributed by atoms with Crippen molar-refractivity contribution in [2.45, 2.75) is 19.9 Å². The van der Waals surface area contributed by atoms with Gasteiger partial charge in [0.2, 0.25) is 11.8 Å². The van der Waals surface area contributed by atoms with E-state index in [-0.39, 0.29) is 24.4 Å². The summed E-state index contributed by atoms with van der Waals surface area (Å²) < 4.78 is 1.74. The van der Waals surface area contributed by atoms with Gasteiger partial charge >= 0.3 is 0 Å². The molecular weight excluding hydrogens is 420 g/mol. The number of carbonyl (C=O) groups excluding carboxylic acids is 2. The van der Waals surface area contributed by atoms with Crippen molar-refractivity contribution in [3.63, 3.8) is 0 Å². The number of aromatic nitrogens is 4. The van der Waals surface area contributed by atoms with E-state index in [0.717, 1.165) is 54.3 Å². The Bertz CT molecular complexity index is 1140. The highest BCUT2D eigenvalue weighted by atomic mass is 16.2. The van der Waals surface area contributed by atoms with Crippen molar-refractivity contribution < 1.29 is 9.59 Å². The van der Waals surface area contributed by atoms with Crippen LogP contribution in [0.5, 0.6) is 0 Å². The Balaban J connectivity index is 1.31. The van der Waals surface area contributed by atoms with Crippen molar-refractivity contribution >= 4 is 34.4 Å². The molecule has 0 radical (unpaired) electrons. The van der Waals surface area contributed by atoms with E-state index < -0.39 is 0 Å². The van der Waals surface area contributed by atoms with Crippen LogP contribution in [0.2, 0.25) is 0 Å². The van der Waals surface area contributed by atoms with Crippen LogP contribution in [0.4, 0.5) is 11.5 Å². The van der Waals surface area contributed by atoms with Gasteiger partial charge in [0, 0.05) is 46.0 Å². The molecule has 1 saturated heterocycles. The van der Waals surface area contributed by atoms with Gasteiger partial charge in [0.25, 0.3) is 0 Å². The summed E-state index contributed by atoms with van der Waals surface area (Å²) >= 11 is 0. The number of rotatable bonds is 6. The standard InChI is InChI=1S/C23H30N8O2/c1-16-5-7-18(8-6-16)27-20(32)14-28(3)23(33)17(2)30-9-11-31(12-10-30)22-19-13-26-29(4)21(19)24-15-25-22/h5-8,13,15,17H,9-12,14H2,1-4H3,(H,27,32). The fourth-order valence-corrected chi connectivity index (χ4v) is 4.13. The Morgan fingerprint density at radius 1 is 1.12 bits per heavy atom. The summed E-state index contributed by atoms with van der Waals surface area (Å²) in [6.07, 6.45) is 3.36. The molecule has 3 heterocycles. The number of amides is 2. The molecule has 0 saturated carbocycles. The van der Waals surface area contributed by atoms with E-state index in [1.54, 1.807) is 24.3 Å². The lowest BCUT2D eigenvalue weighted by atomic mass is 10.2. The third kappa shape index (κ3) is 4.95. The van der Waals surface area contributed by atoms with Crippen LogP contribution in [0.1, 0.15) is 12.5 Å². The Hall–Kier alpha value is -3.53. The minimum atomic E-state index is -0.312. The van der Waals surface area contributed by atoms with Crippen molar-refractivity contribution in [1.82, 2.24) is 29.5 Å². The number of carbonyl (C=O) groups is 2. The molecule has 1 unspecified atom stereocenters. The number of hydrogen-bond donors (Lipinski definition) is 1. The van der Waals surface area contributed by atoms with Gasteiger partial charge in [-0.15, -0.1) is 0 Å². The topological polar surface area (TPSA) is 99.5 Å². The van der Waals surface area contributed by atoms with Crippen LogP contribution >= 0.6 is 0 Å². The largest absolute Gasteiger partial charge is 0.353 e. The molecule has 1 aromatic carbocycles. The van der Waals surface area contributed by atoms with Gasteiger partial charge in [0.1, 0.15) is 12.1 Å². The molecule has 10 nitrogen and oxygen atoms in total. The number of anilines is 2. The number of nitrogens with one attached hydrogen (secondary N) is 1. The number of piperazine rings is 1. The molecule has 33 heavy (non-hydrogen) atoms. The molecule has 2 aromatic heterocycles. The minimum absolute atomic E-state index is 0.0109. The minimum Gasteiger partial charge on any atom is -0.353 e. The molecule has 0 spiro atoms. The molecule has 0 aliphatic carbocycles. The summed E-state index contributed by atoms with van der Waals surface area (Å²) in [5, 5.41) is 8.05. The van der Waals surface area contributed by atoms with E-state index >= 15 is 0 Å². The van der Waals surface area contributed by atoms with Crippen molar-refractivity contribution in [2.75, 3.05) is 50.0 Å². The SMILES string of the molecule is Cc1ccc(NC(=O)CN(C)C(=O)C(C)N2CCN(c3ncnc4c3cnn4C)CC2)cc1. The quantitative estimate of drug-likeness (QED) is 0.604. The second-order valence-corrected chi connectivity index (χ2v) is 8.51. The van der Waals surface area contributed by atoms with Gasteiger partial charge < -0.3 is 15.1 Å². The first-order chi connectivity index (χ1) is 15.8. The molecule has 1 atom stereocenters. The fourth-order valence-electron chi connectivity index (χ4n) is 4.13. The number of hydrogen-bond acceptors (Lipinski definition) is 7. The molecule has 2 amide bonds. The van der Waals surface area contributed by atoms with Gasteiger partial charge in [0.15, 0.2) is 5.65 Å². The van der Waals surface area contributed by atoms with Crippen LogP contribution in [0, 0.1) is 6.92 Å². The first kappa shape index (κ1) is 22.7. The van der Waals surface area contributed by atoms with Crippen molar-refractivity contribution in [2.24, 2.45) is 7.05 Å². The molecule has 1 aliphatic rings. The van der Waals surface area contributed by atoms with Crippen LogP contribution in [0.15, 0.2) is 36.8 Å². The maximum absolute atomic E-state index is 13.0. The van der Waals surface area contributed by atoms with E-state index in [2.05, 4.69) is 30.2 Å². The summed E-state index contributed by atoms with van der Waals surface area (Å²) in [7, 11) is 3.53. The van der Waals surface area contributed by atoms with Crippen molar-refractivity contribution in [3.05, 3.63) is 42.4 Å². The van der Waals surface area contributed by atoms with Crippen LogP contribution in [0.3, 0.4) is 0 Å². The predicted octanol–water partition coefficient (Wildman–Crippen LogP) is 1.28. The lowest BCUT2D eigenvalue weighted by Gasteiger charge is -2.39. The van der Waals surface area contributed by atoms with E-state index in [1.807, 2.05) is 45.2 Å². The third-order valence-electron chi connectivity index (χ3n) is 6.12. The summed E-state index contributed by atoms with van der Waals surface area (Å²) in [6, 6.07) is 7.27. The van der Waals surface area contributed by atoms with E-state index in [9.17, 15) is 9.59 Å². The number of nitrogens with zero attached hydrogens (tertiary/aromatic N) is 7. The van der Waals surface area contributed by atoms with Gasteiger partial charge in [0.05, 0.1) is 24.2 Å². The van der Waals surface area contributed by atoms with Crippen molar-refractivity contribution in [1.29, 1.82) is 0 Å². The van der Waals surface area contributed by atoms with Gasteiger partial charge in [-0.3, -0.25) is 19.2 Å². The zero-order chi connectivity index (χ0) is 23.5. The Labute approximate surface area is 193 Å². The smallest absolute Gasteiger partial charge is 0.243 e. The molecular formula is C23H30N8O2. The molecule has 0 bridgehead atoms. The maximum atomic E-state index is 13.0. The zero-order valence-corrected chi connectivity index (χ0v) is 19.5. The summed E-state index contributed by atoms with van der Waals surface area (Å²) in [5.74, 6) is 0.590. The molecule has 174 valence electrons. The van der Waals surface area contributed by atoms with Gasteiger partial charge in [-0.2, -0.15) is 5.10 Å². The molecule has 1 N–H and O–H groups in total. The van der Waals surface area contributed by atoms with Crippen LogP contribution in [-0.4, -0.2) is 87.2 Å². The normalized spacial score (nSPS) is 15.5. The Morgan fingerprint density at radius 3 is 2.52 bits per heavy atom. The third-order valence-corrected chi connectivity index (χ3v) is 6.12. The van der Waals surface area contributed by atoms with Crippen LogP contribution in [-0.2, 0) is 16.6 Å². The Kier molecular flexibility index (Phi) is 6.55. The maximum Gasteiger partial charge on any atom is 0.243 e.